The molecule has 0 spiro atoms. The predicted molar refractivity (Wildman–Crippen MR) is 61.8 cm³/mol. The number of rotatable bonds is 4. The molecule has 2 rings (SSSR count). The van der Waals surface area contributed by atoms with Crippen molar-refractivity contribution < 1.29 is 0 Å². The smallest absolute Gasteiger partial charge is 0.0948 e. The van der Waals surface area contributed by atoms with Crippen molar-refractivity contribution in [1.29, 1.82) is 0 Å². The minimum absolute atomic E-state index is 1.04. The molecule has 0 saturated heterocycles. The summed E-state index contributed by atoms with van der Waals surface area (Å²) in [6, 6.07) is 0. The van der Waals surface area contributed by atoms with E-state index >= 15 is 0 Å². The maximum absolute atomic E-state index is 4.19. The number of aryl methyl sites for hydroxylation is 2. The van der Waals surface area contributed by atoms with Gasteiger partial charge in [0.2, 0.25) is 0 Å². The molecule has 0 saturated carbocycles. The number of aromatic nitrogens is 2. The van der Waals surface area contributed by atoms with Gasteiger partial charge in [0.05, 0.1) is 6.33 Å². The molecule has 0 radical (unpaired) electrons. The molecule has 0 aliphatic carbocycles. The van der Waals surface area contributed by atoms with Gasteiger partial charge in [0.15, 0.2) is 0 Å². The summed E-state index contributed by atoms with van der Waals surface area (Å²) in [6.07, 6.45) is 9.69. The Bertz CT molecular complexity index is 338. The molecule has 1 aromatic rings. The van der Waals surface area contributed by atoms with E-state index < -0.39 is 0 Å². The van der Waals surface area contributed by atoms with E-state index in [2.05, 4.69) is 27.9 Å². The van der Waals surface area contributed by atoms with Gasteiger partial charge >= 0.3 is 0 Å². The molecule has 1 aliphatic rings. The standard InChI is InChI=1S/C12H19N3/c1-2-12-9-14-10-15(12)8-5-11-3-6-13-7-4-11/h3,9-10,13H,2,4-8H2,1H3. The Morgan fingerprint density at radius 3 is 3.20 bits per heavy atom. The Kier molecular flexibility index (Phi) is 3.56. The van der Waals surface area contributed by atoms with Gasteiger partial charge in [-0.15, -0.1) is 0 Å². The van der Waals surface area contributed by atoms with E-state index in [1.54, 1.807) is 5.57 Å². The largest absolute Gasteiger partial charge is 0.334 e. The Labute approximate surface area is 91.2 Å². The van der Waals surface area contributed by atoms with Gasteiger partial charge in [-0.1, -0.05) is 18.6 Å². The second-order valence-corrected chi connectivity index (χ2v) is 4.00. The fourth-order valence-electron chi connectivity index (χ4n) is 2.00. The van der Waals surface area contributed by atoms with Crippen molar-refractivity contribution >= 4 is 0 Å². The molecule has 1 N–H and O–H groups in total. The summed E-state index contributed by atoms with van der Waals surface area (Å²) < 4.78 is 2.27. The van der Waals surface area contributed by atoms with Crippen LogP contribution in [0.25, 0.3) is 0 Å². The van der Waals surface area contributed by atoms with Crippen LogP contribution in [0.5, 0.6) is 0 Å². The van der Waals surface area contributed by atoms with Gasteiger partial charge in [0.1, 0.15) is 0 Å². The highest BCUT2D eigenvalue weighted by Crippen LogP contribution is 2.11. The normalized spacial score (nSPS) is 16.5. The molecule has 0 unspecified atom stereocenters. The zero-order valence-corrected chi connectivity index (χ0v) is 9.37. The fraction of sp³-hybridized carbons (Fsp3) is 0.583. The first kappa shape index (κ1) is 10.4. The molecule has 82 valence electrons. The summed E-state index contributed by atoms with van der Waals surface area (Å²) in [7, 11) is 0. The third kappa shape index (κ3) is 2.69. The van der Waals surface area contributed by atoms with E-state index in [-0.39, 0.29) is 0 Å². The molecule has 0 amide bonds. The van der Waals surface area contributed by atoms with Crippen LogP contribution in [0.3, 0.4) is 0 Å². The molecule has 0 aromatic carbocycles. The first-order chi connectivity index (χ1) is 7.40. The van der Waals surface area contributed by atoms with Crippen LogP contribution in [-0.2, 0) is 13.0 Å². The lowest BCUT2D eigenvalue weighted by atomic mass is 10.1. The number of hydrogen-bond acceptors (Lipinski definition) is 2. The summed E-state index contributed by atoms with van der Waals surface area (Å²) in [4.78, 5) is 4.19. The topological polar surface area (TPSA) is 29.9 Å². The Balaban J connectivity index is 1.89. The van der Waals surface area contributed by atoms with Gasteiger partial charge in [-0.25, -0.2) is 4.98 Å². The van der Waals surface area contributed by atoms with Crippen molar-refractivity contribution in [3.8, 4) is 0 Å². The molecule has 0 fully saturated rings. The van der Waals surface area contributed by atoms with Crippen LogP contribution in [0.2, 0.25) is 0 Å². The zero-order valence-electron chi connectivity index (χ0n) is 9.37. The van der Waals surface area contributed by atoms with E-state index in [1.807, 2.05) is 12.5 Å². The van der Waals surface area contributed by atoms with Gasteiger partial charge < -0.3 is 9.88 Å². The SMILES string of the molecule is CCc1cncn1CCC1=CCNCC1. The van der Waals surface area contributed by atoms with E-state index in [1.165, 1.54) is 18.5 Å². The number of nitrogens with one attached hydrogen (secondary N) is 1. The van der Waals surface area contributed by atoms with Crippen LogP contribution in [0.1, 0.15) is 25.5 Å². The summed E-state index contributed by atoms with van der Waals surface area (Å²) in [5.41, 5.74) is 2.93. The lowest BCUT2D eigenvalue weighted by molar-refractivity contribution is 0.616. The van der Waals surface area contributed by atoms with Gasteiger partial charge in [-0.3, -0.25) is 0 Å². The van der Waals surface area contributed by atoms with E-state index in [0.717, 1.165) is 26.1 Å². The number of hydrogen-bond donors (Lipinski definition) is 1. The molecule has 3 nitrogen and oxygen atoms in total. The molecule has 0 atom stereocenters. The number of imidazole rings is 1. The van der Waals surface area contributed by atoms with E-state index in [0.29, 0.717) is 0 Å². The third-order valence-corrected chi connectivity index (χ3v) is 2.99. The van der Waals surface area contributed by atoms with Gasteiger partial charge in [0.25, 0.3) is 0 Å². The van der Waals surface area contributed by atoms with Crippen molar-refractivity contribution in [1.82, 2.24) is 14.9 Å². The summed E-state index contributed by atoms with van der Waals surface area (Å²) in [5, 5.41) is 3.33. The molecule has 15 heavy (non-hydrogen) atoms. The second-order valence-electron chi connectivity index (χ2n) is 4.00. The van der Waals surface area contributed by atoms with E-state index in [9.17, 15) is 0 Å². The molecular formula is C12H19N3. The zero-order chi connectivity index (χ0) is 10.5. The molecule has 1 aromatic heterocycles. The second kappa shape index (κ2) is 5.12. The van der Waals surface area contributed by atoms with Crippen molar-refractivity contribution in [2.75, 3.05) is 13.1 Å². The Hall–Kier alpha value is -1.09. The predicted octanol–water partition coefficient (Wildman–Crippen LogP) is 1.76. The van der Waals surface area contributed by atoms with Crippen molar-refractivity contribution in [2.24, 2.45) is 0 Å². The maximum Gasteiger partial charge on any atom is 0.0948 e. The molecular weight excluding hydrogens is 186 g/mol. The minimum Gasteiger partial charge on any atom is -0.334 e. The van der Waals surface area contributed by atoms with E-state index in [4.69, 9.17) is 0 Å². The highest BCUT2D eigenvalue weighted by Gasteiger charge is 2.04. The molecule has 2 heterocycles. The Morgan fingerprint density at radius 2 is 2.47 bits per heavy atom. The van der Waals surface area contributed by atoms with Gasteiger partial charge in [-0.2, -0.15) is 0 Å². The Morgan fingerprint density at radius 1 is 1.53 bits per heavy atom. The highest BCUT2D eigenvalue weighted by molar-refractivity contribution is 5.07. The van der Waals surface area contributed by atoms with Crippen LogP contribution in [-0.4, -0.2) is 22.6 Å². The average Bonchev–Trinajstić information content (AvgIpc) is 2.75. The average molecular weight is 205 g/mol. The first-order valence-electron chi connectivity index (χ1n) is 5.77. The van der Waals surface area contributed by atoms with Crippen molar-refractivity contribution in [3.63, 3.8) is 0 Å². The maximum atomic E-state index is 4.19. The van der Waals surface area contributed by atoms with Crippen molar-refractivity contribution in [2.45, 2.75) is 32.7 Å². The molecule has 0 bridgehead atoms. The quantitative estimate of drug-likeness (QED) is 0.759. The van der Waals surface area contributed by atoms with Crippen LogP contribution >= 0.6 is 0 Å². The fourth-order valence-corrected chi connectivity index (χ4v) is 2.00. The summed E-state index contributed by atoms with van der Waals surface area (Å²) in [6.45, 7) is 5.43. The van der Waals surface area contributed by atoms with Gasteiger partial charge in [-0.05, 0) is 25.8 Å². The van der Waals surface area contributed by atoms with Gasteiger partial charge in [0, 0.05) is 25.0 Å². The number of nitrogens with zero attached hydrogens (tertiary/aromatic N) is 2. The highest BCUT2D eigenvalue weighted by atomic mass is 15.0. The third-order valence-electron chi connectivity index (χ3n) is 2.99. The molecule has 3 heteroatoms. The first-order valence-corrected chi connectivity index (χ1v) is 5.77. The van der Waals surface area contributed by atoms with Crippen LogP contribution in [0, 0.1) is 0 Å². The molecule has 1 aliphatic heterocycles. The lowest BCUT2D eigenvalue weighted by Gasteiger charge is -2.14. The van der Waals surface area contributed by atoms with Crippen LogP contribution in [0.15, 0.2) is 24.2 Å². The van der Waals surface area contributed by atoms with Crippen molar-refractivity contribution in [3.05, 3.63) is 29.9 Å². The minimum atomic E-state index is 1.04. The summed E-state index contributed by atoms with van der Waals surface area (Å²) >= 11 is 0. The lowest BCUT2D eigenvalue weighted by Crippen LogP contribution is -2.21. The van der Waals surface area contributed by atoms with Crippen LogP contribution < -0.4 is 5.32 Å². The monoisotopic (exact) mass is 205 g/mol. The van der Waals surface area contributed by atoms with Crippen LogP contribution in [0.4, 0.5) is 0 Å². The summed E-state index contributed by atoms with van der Waals surface area (Å²) in [5.74, 6) is 0.